The lowest BCUT2D eigenvalue weighted by molar-refractivity contribution is 0.0934. The second kappa shape index (κ2) is 7.47. The van der Waals surface area contributed by atoms with Crippen LogP contribution in [0.25, 0.3) is 0 Å². The van der Waals surface area contributed by atoms with E-state index in [-0.39, 0.29) is 11.9 Å². The van der Waals surface area contributed by atoms with Crippen molar-refractivity contribution < 1.29 is 4.79 Å². The molecule has 0 aliphatic heterocycles. The van der Waals surface area contributed by atoms with E-state index in [1.165, 1.54) is 0 Å². The molecular weight excluding hydrogens is 321 g/mol. The number of anilines is 2. The maximum absolute atomic E-state index is 11.9. The fourth-order valence-electron chi connectivity index (χ4n) is 1.75. The quantitative estimate of drug-likeness (QED) is 0.834. The molecule has 0 aliphatic carbocycles. The first-order valence-corrected chi connectivity index (χ1v) is 7.74. The van der Waals surface area contributed by atoms with Crippen molar-refractivity contribution in [3.63, 3.8) is 0 Å². The minimum absolute atomic E-state index is 0.123. The van der Waals surface area contributed by atoms with Gasteiger partial charge in [-0.2, -0.15) is 0 Å². The second-order valence-electron chi connectivity index (χ2n) is 4.96. The summed E-state index contributed by atoms with van der Waals surface area (Å²) in [5, 5.41) is 7.14. The first-order valence-electron chi connectivity index (χ1n) is 6.98. The molecule has 4 nitrogen and oxygen atoms in total. The first kappa shape index (κ1) is 16.6. The summed E-state index contributed by atoms with van der Waals surface area (Å²) >= 11 is 12.0. The lowest BCUT2D eigenvalue weighted by atomic mass is 10.2. The van der Waals surface area contributed by atoms with Crippen molar-refractivity contribution >= 4 is 40.5 Å². The second-order valence-corrected chi connectivity index (χ2v) is 5.81. The fourth-order valence-corrected chi connectivity index (χ4v) is 2.09. The van der Waals surface area contributed by atoms with Crippen LogP contribution in [0.5, 0.6) is 0 Å². The lowest BCUT2D eigenvalue weighted by Gasteiger charge is -2.12. The average molecular weight is 338 g/mol. The Hall–Kier alpha value is -1.78. The zero-order chi connectivity index (χ0) is 16.1. The number of halogens is 2. The number of benzene rings is 1. The van der Waals surface area contributed by atoms with Crippen LogP contribution in [0.15, 0.2) is 36.5 Å². The third-order valence-electron chi connectivity index (χ3n) is 3.19. The molecule has 2 aromatic rings. The lowest BCUT2D eigenvalue weighted by Crippen LogP contribution is -2.32. The Kier molecular flexibility index (Phi) is 5.63. The molecule has 22 heavy (non-hydrogen) atoms. The zero-order valence-electron chi connectivity index (χ0n) is 12.4. The highest BCUT2D eigenvalue weighted by molar-refractivity contribution is 6.35. The number of nitrogens with zero attached hydrogens (tertiary/aromatic N) is 1. The van der Waals surface area contributed by atoms with E-state index in [9.17, 15) is 4.79 Å². The molecule has 1 aromatic carbocycles. The van der Waals surface area contributed by atoms with Crippen LogP contribution in [0.1, 0.15) is 30.8 Å². The summed E-state index contributed by atoms with van der Waals surface area (Å²) in [6, 6.07) is 8.72. The van der Waals surface area contributed by atoms with Crippen LogP contribution >= 0.6 is 23.2 Å². The molecule has 116 valence electrons. The van der Waals surface area contributed by atoms with Gasteiger partial charge in [0, 0.05) is 11.1 Å². The largest absolute Gasteiger partial charge is 0.353 e. The number of pyridine rings is 1. The zero-order valence-corrected chi connectivity index (χ0v) is 13.9. The number of carbonyl (C=O) groups excluding carboxylic acids is 1. The summed E-state index contributed by atoms with van der Waals surface area (Å²) in [7, 11) is 0. The van der Waals surface area contributed by atoms with E-state index in [2.05, 4.69) is 15.6 Å². The molecule has 0 saturated heterocycles. The van der Waals surface area contributed by atoms with Crippen molar-refractivity contribution in [1.29, 1.82) is 0 Å². The summed E-state index contributed by atoms with van der Waals surface area (Å²) in [6.07, 6.45) is 2.46. The molecule has 0 spiro atoms. The maximum atomic E-state index is 11.9. The van der Waals surface area contributed by atoms with Crippen LogP contribution < -0.4 is 10.6 Å². The Labute approximate surface area is 139 Å². The molecule has 1 unspecified atom stereocenters. The van der Waals surface area contributed by atoms with Crippen molar-refractivity contribution in [3.8, 4) is 0 Å². The molecule has 2 rings (SSSR count). The fraction of sp³-hybridized carbons (Fsp3) is 0.250. The van der Waals surface area contributed by atoms with Gasteiger partial charge in [-0.3, -0.25) is 4.79 Å². The number of carbonyl (C=O) groups is 1. The molecule has 0 fully saturated rings. The maximum Gasteiger partial charge on any atom is 0.270 e. The number of amides is 1. The van der Waals surface area contributed by atoms with Crippen LogP contribution in [0, 0.1) is 0 Å². The number of hydrogen-bond acceptors (Lipinski definition) is 3. The Morgan fingerprint density at radius 1 is 1.27 bits per heavy atom. The third-order valence-corrected chi connectivity index (χ3v) is 3.76. The van der Waals surface area contributed by atoms with E-state index in [1.54, 1.807) is 36.5 Å². The minimum atomic E-state index is -0.179. The Morgan fingerprint density at radius 3 is 2.68 bits per heavy atom. The van der Waals surface area contributed by atoms with Gasteiger partial charge in [-0.25, -0.2) is 4.98 Å². The first-order chi connectivity index (χ1) is 10.5. The van der Waals surface area contributed by atoms with Gasteiger partial charge < -0.3 is 10.6 Å². The van der Waals surface area contributed by atoms with Gasteiger partial charge in [0.15, 0.2) is 0 Å². The van der Waals surface area contributed by atoms with Gasteiger partial charge in [0.05, 0.1) is 22.6 Å². The molecule has 1 amide bonds. The number of aromatic nitrogens is 1. The van der Waals surface area contributed by atoms with Crippen LogP contribution in [0.3, 0.4) is 0 Å². The standard InChI is InChI=1S/C16H17Cl2N3O/c1-3-10(2)20-16(22)14-7-5-12(9-19-14)21-15-8-11(17)4-6-13(15)18/h4-10,21H,3H2,1-2H3,(H,20,22). The molecule has 1 aromatic heterocycles. The van der Waals surface area contributed by atoms with Crippen molar-refractivity contribution in [2.45, 2.75) is 26.3 Å². The van der Waals surface area contributed by atoms with Crippen molar-refractivity contribution in [1.82, 2.24) is 10.3 Å². The van der Waals surface area contributed by atoms with Crippen molar-refractivity contribution in [2.24, 2.45) is 0 Å². The number of hydrogen-bond donors (Lipinski definition) is 2. The minimum Gasteiger partial charge on any atom is -0.353 e. The van der Waals surface area contributed by atoms with E-state index in [0.717, 1.165) is 12.1 Å². The topological polar surface area (TPSA) is 54.0 Å². The highest BCUT2D eigenvalue weighted by atomic mass is 35.5. The van der Waals surface area contributed by atoms with Gasteiger partial charge in [0.1, 0.15) is 5.69 Å². The highest BCUT2D eigenvalue weighted by Crippen LogP contribution is 2.28. The third kappa shape index (κ3) is 4.36. The molecule has 2 N–H and O–H groups in total. The number of rotatable bonds is 5. The van der Waals surface area contributed by atoms with E-state index in [0.29, 0.717) is 21.4 Å². The van der Waals surface area contributed by atoms with Gasteiger partial charge in [-0.05, 0) is 43.7 Å². The van der Waals surface area contributed by atoms with E-state index in [4.69, 9.17) is 23.2 Å². The predicted molar refractivity (Wildman–Crippen MR) is 91.2 cm³/mol. The average Bonchev–Trinajstić information content (AvgIpc) is 2.51. The summed E-state index contributed by atoms with van der Waals surface area (Å²) in [5.41, 5.74) is 1.79. The van der Waals surface area contributed by atoms with Crippen LogP contribution in [-0.4, -0.2) is 16.9 Å². The molecular formula is C16H17Cl2N3O. The summed E-state index contributed by atoms with van der Waals surface area (Å²) in [4.78, 5) is 16.1. The molecule has 1 heterocycles. The number of nitrogens with one attached hydrogen (secondary N) is 2. The SMILES string of the molecule is CCC(C)NC(=O)c1ccc(Nc2cc(Cl)ccc2Cl)cn1. The van der Waals surface area contributed by atoms with Gasteiger partial charge >= 0.3 is 0 Å². The monoisotopic (exact) mass is 337 g/mol. The Morgan fingerprint density at radius 2 is 2.05 bits per heavy atom. The smallest absolute Gasteiger partial charge is 0.270 e. The molecule has 6 heteroatoms. The molecule has 1 atom stereocenters. The van der Waals surface area contributed by atoms with Crippen LogP contribution in [0.4, 0.5) is 11.4 Å². The summed E-state index contributed by atoms with van der Waals surface area (Å²) in [5.74, 6) is -0.179. The van der Waals surface area contributed by atoms with E-state index < -0.39 is 0 Å². The molecule has 0 bridgehead atoms. The summed E-state index contributed by atoms with van der Waals surface area (Å²) < 4.78 is 0. The molecule has 0 radical (unpaired) electrons. The summed E-state index contributed by atoms with van der Waals surface area (Å²) in [6.45, 7) is 3.97. The van der Waals surface area contributed by atoms with E-state index >= 15 is 0 Å². The van der Waals surface area contributed by atoms with Gasteiger partial charge in [0.2, 0.25) is 0 Å². The van der Waals surface area contributed by atoms with Crippen LogP contribution in [-0.2, 0) is 0 Å². The predicted octanol–water partition coefficient (Wildman–Crippen LogP) is 4.66. The van der Waals surface area contributed by atoms with Crippen molar-refractivity contribution in [2.75, 3.05) is 5.32 Å². The molecule has 0 saturated carbocycles. The van der Waals surface area contributed by atoms with Crippen molar-refractivity contribution in [3.05, 3.63) is 52.3 Å². The van der Waals surface area contributed by atoms with Gasteiger partial charge in [-0.1, -0.05) is 30.1 Å². The van der Waals surface area contributed by atoms with E-state index in [1.807, 2.05) is 13.8 Å². The Bertz CT molecular complexity index is 659. The Balaban J connectivity index is 2.09. The van der Waals surface area contributed by atoms with Gasteiger partial charge in [-0.15, -0.1) is 0 Å². The van der Waals surface area contributed by atoms with Gasteiger partial charge in [0.25, 0.3) is 5.91 Å². The molecule has 0 aliphatic rings. The highest BCUT2D eigenvalue weighted by Gasteiger charge is 2.10. The van der Waals surface area contributed by atoms with Crippen LogP contribution in [0.2, 0.25) is 10.0 Å². The normalized spacial score (nSPS) is 11.8.